The summed E-state index contributed by atoms with van der Waals surface area (Å²) in [4.78, 5) is 0.116. The highest BCUT2D eigenvalue weighted by Gasteiger charge is 2.21. The normalized spacial score (nSPS) is 11.6. The smallest absolute Gasteiger partial charge is 0.244 e. The van der Waals surface area contributed by atoms with Crippen LogP contribution in [0.15, 0.2) is 53.4 Å². The van der Waals surface area contributed by atoms with Crippen LogP contribution in [-0.2, 0) is 16.6 Å². The molecule has 3 N–H and O–H groups in total. The Morgan fingerprint density at radius 1 is 1.05 bits per heavy atom. The predicted octanol–water partition coefficient (Wildman–Crippen LogP) is 2.13. The van der Waals surface area contributed by atoms with Crippen molar-refractivity contribution < 1.29 is 8.42 Å². The van der Waals surface area contributed by atoms with Crippen LogP contribution in [0.1, 0.15) is 5.56 Å². The number of nitrogens with zero attached hydrogens (tertiary/aromatic N) is 1. The van der Waals surface area contributed by atoms with Crippen molar-refractivity contribution in [2.75, 3.05) is 25.1 Å². The minimum absolute atomic E-state index is 0.116. The molecule has 0 spiro atoms. The first-order chi connectivity index (χ1) is 9.93. The molecule has 2 rings (SSSR count). The van der Waals surface area contributed by atoms with Gasteiger partial charge in [-0.1, -0.05) is 36.4 Å². The van der Waals surface area contributed by atoms with E-state index in [0.29, 0.717) is 12.2 Å². The summed E-state index contributed by atoms with van der Waals surface area (Å²) in [6.45, 7) is 0.580. The lowest BCUT2D eigenvalue weighted by molar-refractivity contribution is 0.521. The Hall–Kier alpha value is -2.05. The predicted molar refractivity (Wildman–Crippen MR) is 85.5 cm³/mol. The third kappa shape index (κ3) is 3.34. The molecule has 2 aromatic carbocycles. The van der Waals surface area contributed by atoms with Crippen molar-refractivity contribution in [1.29, 1.82) is 0 Å². The van der Waals surface area contributed by atoms with Gasteiger partial charge in [0.15, 0.2) is 0 Å². The summed E-state index contributed by atoms with van der Waals surface area (Å²) in [5.41, 5.74) is 7.95. The molecule has 0 saturated heterocycles. The van der Waals surface area contributed by atoms with E-state index in [-0.39, 0.29) is 10.6 Å². The van der Waals surface area contributed by atoms with Crippen LogP contribution >= 0.6 is 0 Å². The summed E-state index contributed by atoms with van der Waals surface area (Å²) < 4.78 is 25.5. The maximum absolute atomic E-state index is 12.2. The van der Waals surface area contributed by atoms with Gasteiger partial charge in [0.1, 0.15) is 4.90 Å². The van der Waals surface area contributed by atoms with E-state index in [1.165, 1.54) is 20.2 Å². The van der Waals surface area contributed by atoms with Crippen molar-refractivity contribution in [2.45, 2.75) is 11.4 Å². The van der Waals surface area contributed by atoms with Crippen molar-refractivity contribution in [3.8, 4) is 0 Å². The molecule has 0 amide bonds. The van der Waals surface area contributed by atoms with Gasteiger partial charge in [0.2, 0.25) is 10.0 Å². The van der Waals surface area contributed by atoms with E-state index in [1.807, 2.05) is 30.3 Å². The van der Waals surface area contributed by atoms with E-state index >= 15 is 0 Å². The van der Waals surface area contributed by atoms with Crippen LogP contribution in [0.3, 0.4) is 0 Å². The molecule has 6 heteroatoms. The van der Waals surface area contributed by atoms with Gasteiger partial charge >= 0.3 is 0 Å². The quantitative estimate of drug-likeness (QED) is 0.830. The Balaban J connectivity index is 2.27. The molecule has 0 bridgehead atoms. The summed E-state index contributed by atoms with van der Waals surface area (Å²) in [5.74, 6) is 0. The molecule has 112 valence electrons. The summed E-state index contributed by atoms with van der Waals surface area (Å²) in [6.07, 6.45) is 0. The van der Waals surface area contributed by atoms with Gasteiger partial charge < -0.3 is 11.1 Å². The van der Waals surface area contributed by atoms with Gasteiger partial charge in [-0.15, -0.1) is 0 Å². The van der Waals surface area contributed by atoms with Gasteiger partial charge in [-0.2, -0.15) is 0 Å². The van der Waals surface area contributed by atoms with E-state index < -0.39 is 10.0 Å². The minimum atomic E-state index is -3.54. The highest BCUT2D eigenvalue weighted by atomic mass is 32.2. The van der Waals surface area contributed by atoms with Crippen LogP contribution in [0, 0.1) is 0 Å². The first kappa shape index (κ1) is 15.3. The number of rotatable bonds is 5. The number of nitrogens with two attached hydrogens (primary N) is 1. The van der Waals surface area contributed by atoms with Gasteiger partial charge in [0, 0.05) is 20.6 Å². The third-order valence-electron chi connectivity index (χ3n) is 3.15. The van der Waals surface area contributed by atoms with E-state index in [0.717, 1.165) is 9.87 Å². The van der Waals surface area contributed by atoms with Crippen molar-refractivity contribution in [3.05, 3.63) is 54.1 Å². The van der Waals surface area contributed by atoms with Crippen molar-refractivity contribution in [3.63, 3.8) is 0 Å². The number of hydrogen-bond acceptors (Lipinski definition) is 4. The first-order valence-corrected chi connectivity index (χ1v) is 7.96. The van der Waals surface area contributed by atoms with Crippen LogP contribution in [0.4, 0.5) is 11.4 Å². The second kappa shape index (κ2) is 6.15. The zero-order valence-corrected chi connectivity index (χ0v) is 12.9. The molecule has 0 heterocycles. The molecular formula is C15H19N3O2S. The third-order valence-corrected chi connectivity index (χ3v) is 5.02. The number of sulfonamides is 1. The van der Waals surface area contributed by atoms with Crippen LogP contribution in [0.5, 0.6) is 0 Å². The van der Waals surface area contributed by atoms with Crippen LogP contribution < -0.4 is 11.1 Å². The van der Waals surface area contributed by atoms with E-state index in [4.69, 9.17) is 5.73 Å². The molecule has 0 aliphatic carbocycles. The fraction of sp³-hybridized carbons (Fsp3) is 0.200. The van der Waals surface area contributed by atoms with Gasteiger partial charge in [-0.3, -0.25) is 0 Å². The molecule has 0 saturated carbocycles. The summed E-state index contributed by atoms with van der Waals surface area (Å²) in [7, 11) is -0.575. The number of benzene rings is 2. The van der Waals surface area contributed by atoms with Crippen molar-refractivity contribution >= 4 is 21.4 Å². The maximum Gasteiger partial charge on any atom is 0.244 e. The average molecular weight is 305 g/mol. The number of nitrogens with one attached hydrogen (secondary N) is 1. The molecule has 0 aliphatic heterocycles. The number of nitrogen functional groups attached to an aromatic ring is 1. The van der Waals surface area contributed by atoms with Crippen LogP contribution in [-0.4, -0.2) is 26.8 Å². The lowest BCUT2D eigenvalue weighted by atomic mass is 10.2. The van der Waals surface area contributed by atoms with Gasteiger partial charge in [-0.05, 0) is 17.7 Å². The number of para-hydroxylation sites is 1. The monoisotopic (exact) mass is 305 g/mol. The Kier molecular flexibility index (Phi) is 4.50. The van der Waals surface area contributed by atoms with Gasteiger partial charge in [0.05, 0.1) is 11.4 Å². The summed E-state index contributed by atoms with van der Waals surface area (Å²) >= 11 is 0. The summed E-state index contributed by atoms with van der Waals surface area (Å²) in [5, 5.41) is 3.17. The first-order valence-electron chi connectivity index (χ1n) is 6.51. The van der Waals surface area contributed by atoms with E-state index in [1.54, 1.807) is 12.1 Å². The number of hydrogen-bond donors (Lipinski definition) is 2. The summed E-state index contributed by atoms with van der Waals surface area (Å²) in [6, 6.07) is 14.8. The molecule has 0 aliphatic rings. The largest absolute Gasteiger partial charge is 0.396 e. The fourth-order valence-electron chi connectivity index (χ4n) is 1.91. The van der Waals surface area contributed by atoms with E-state index in [9.17, 15) is 8.42 Å². The lowest BCUT2D eigenvalue weighted by Crippen LogP contribution is -2.23. The number of anilines is 2. The average Bonchev–Trinajstić information content (AvgIpc) is 2.47. The molecule has 2 aromatic rings. The Bertz CT molecular complexity index is 713. The maximum atomic E-state index is 12.2. The van der Waals surface area contributed by atoms with Gasteiger partial charge in [0.25, 0.3) is 0 Å². The molecule has 0 fully saturated rings. The molecular weight excluding hydrogens is 286 g/mol. The van der Waals surface area contributed by atoms with Crippen molar-refractivity contribution in [1.82, 2.24) is 4.31 Å². The minimum Gasteiger partial charge on any atom is -0.396 e. The molecule has 0 atom stereocenters. The lowest BCUT2D eigenvalue weighted by Gasteiger charge is -2.16. The second-order valence-electron chi connectivity index (χ2n) is 4.84. The molecule has 5 nitrogen and oxygen atoms in total. The SMILES string of the molecule is CN(C)S(=O)(=O)c1cccc(NCc2ccccc2)c1N. The highest BCUT2D eigenvalue weighted by Crippen LogP contribution is 2.28. The topological polar surface area (TPSA) is 75.4 Å². The highest BCUT2D eigenvalue weighted by molar-refractivity contribution is 7.89. The molecule has 0 unspecified atom stereocenters. The van der Waals surface area contributed by atoms with E-state index in [2.05, 4.69) is 5.32 Å². The zero-order valence-electron chi connectivity index (χ0n) is 12.1. The standard InChI is InChI=1S/C15H19N3O2S/c1-18(2)21(19,20)14-10-6-9-13(15(14)16)17-11-12-7-4-3-5-8-12/h3-10,17H,11,16H2,1-2H3. The Morgan fingerprint density at radius 3 is 2.33 bits per heavy atom. The second-order valence-corrected chi connectivity index (χ2v) is 6.96. The zero-order chi connectivity index (χ0) is 15.5. The van der Waals surface area contributed by atoms with Crippen molar-refractivity contribution in [2.24, 2.45) is 0 Å². The van der Waals surface area contributed by atoms with Gasteiger partial charge in [-0.25, -0.2) is 12.7 Å². The Morgan fingerprint density at radius 2 is 1.71 bits per heavy atom. The fourth-order valence-corrected chi connectivity index (χ4v) is 2.94. The van der Waals surface area contributed by atoms with Crippen LogP contribution in [0.2, 0.25) is 0 Å². The Labute approximate surface area is 125 Å². The molecule has 21 heavy (non-hydrogen) atoms. The van der Waals surface area contributed by atoms with Crippen LogP contribution in [0.25, 0.3) is 0 Å². The molecule has 0 radical (unpaired) electrons. The molecule has 0 aromatic heterocycles.